The van der Waals surface area contributed by atoms with Gasteiger partial charge < -0.3 is 10.5 Å². The van der Waals surface area contributed by atoms with Crippen molar-refractivity contribution in [2.24, 2.45) is 5.92 Å². The molecule has 2 rings (SSSR count). The first-order chi connectivity index (χ1) is 9.49. The molecule has 1 fully saturated rings. The number of hydrogen-bond donors (Lipinski definition) is 2. The molecule has 0 aromatic carbocycles. The van der Waals surface area contributed by atoms with E-state index in [1.807, 2.05) is 0 Å². The first-order valence-electron chi connectivity index (χ1n) is 6.47. The number of anilines is 1. The Balaban J connectivity index is 1.79. The lowest BCUT2D eigenvalue weighted by Gasteiger charge is -2.09. The Bertz CT molecular complexity index is 561. The second-order valence-corrected chi connectivity index (χ2v) is 7.46. The number of nitrogen functional groups attached to an aromatic ring is 1. The topological polar surface area (TPSA) is 94.3 Å². The van der Waals surface area contributed by atoms with Gasteiger partial charge in [-0.2, -0.15) is 0 Å². The van der Waals surface area contributed by atoms with Gasteiger partial charge in [0.1, 0.15) is 10.7 Å². The number of hydrogen-bond acceptors (Lipinski definition) is 5. The first kappa shape index (κ1) is 15.7. The lowest BCUT2D eigenvalue weighted by Crippen LogP contribution is -2.26. The van der Waals surface area contributed by atoms with Crippen molar-refractivity contribution < 1.29 is 13.2 Å². The molecule has 1 aliphatic carbocycles. The SMILES string of the molecule is Nc1ncc(Br)cc1S(=O)(=O)NCCCOCC1CC1. The second kappa shape index (κ2) is 6.84. The summed E-state index contributed by atoms with van der Waals surface area (Å²) in [4.78, 5) is 3.81. The molecule has 1 heterocycles. The van der Waals surface area contributed by atoms with Crippen molar-refractivity contribution in [3.63, 3.8) is 0 Å². The molecule has 0 unspecified atom stereocenters. The summed E-state index contributed by atoms with van der Waals surface area (Å²) in [6, 6.07) is 1.44. The Morgan fingerprint density at radius 1 is 1.50 bits per heavy atom. The number of ether oxygens (including phenoxy) is 1. The van der Waals surface area contributed by atoms with Crippen molar-refractivity contribution in [3.8, 4) is 0 Å². The van der Waals surface area contributed by atoms with Crippen LogP contribution in [0, 0.1) is 5.92 Å². The van der Waals surface area contributed by atoms with E-state index >= 15 is 0 Å². The van der Waals surface area contributed by atoms with E-state index in [9.17, 15) is 8.42 Å². The van der Waals surface area contributed by atoms with E-state index in [2.05, 4.69) is 25.6 Å². The van der Waals surface area contributed by atoms with Gasteiger partial charge in [-0.1, -0.05) is 0 Å². The predicted molar refractivity (Wildman–Crippen MR) is 79.7 cm³/mol. The second-order valence-electron chi connectivity index (χ2n) is 4.81. The van der Waals surface area contributed by atoms with E-state index in [0.29, 0.717) is 24.0 Å². The molecule has 1 saturated carbocycles. The minimum absolute atomic E-state index is 0.00854. The number of nitrogens with zero attached hydrogens (tertiary/aromatic N) is 1. The molecule has 0 spiro atoms. The molecule has 0 atom stereocenters. The molecule has 112 valence electrons. The van der Waals surface area contributed by atoms with Gasteiger partial charge in [0.15, 0.2) is 0 Å². The van der Waals surface area contributed by atoms with Gasteiger partial charge in [-0.3, -0.25) is 0 Å². The summed E-state index contributed by atoms with van der Waals surface area (Å²) in [5.41, 5.74) is 5.59. The van der Waals surface area contributed by atoms with Crippen molar-refractivity contribution in [1.29, 1.82) is 0 Å². The van der Waals surface area contributed by atoms with Crippen LogP contribution in [0.3, 0.4) is 0 Å². The Morgan fingerprint density at radius 3 is 2.95 bits per heavy atom. The van der Waals surface area contributed by atoms with Crippen LogP contribution >= 0.6 is 15.9 Å². The van der Waals surface area contributed by atoms with Gasteiger partial charge >= 0.3 is 0 Å². The average Bonchev–Trinajstić information content (AvgIpc) is 3.20. The van der Waals surface area contributed by atoms with Gasteiger partial charge in [0.2, 0.25) is 10.0 Å². The molecule has 1 aromatic rings. The minimum Gasteiger partial charge on any atom is -0.383 e. The number of rotatable bonds is 8. The maximum atomic E-state index is 12.1. The molecule has 20 heavy (non-hydrogen) atoms. The van der Waals surface area contributed by atoms with Crippen molar-refractivity contribution in [2.45, 2.75) is 24.2 Å². The Labute approximate surface area is 127 Å². The van der Waals surface area contributed by atoms with Gasteiger partial charge in [0.25, 0.3) is 0 Å². The molecule has 8 heteroatoms. The van der Waals surface area contributed by atoms with Crippen molar-refractivity contribution in [1.82, 2.24) is 9.71 Å². The van der Waals surface area contributed by atoms with Crippen LogP contribution in [-0.2, 0) is 14.8 Å². The fourth-order valence-corrected chi connectivity index (χ4v) is 3.30. The normalized spacial score (nSPS) is 15.4. The fourth-order valence-electron chi connectivity index (χ4n) is 1.64. The third-order valence-corrected chi connectivity index (χ3v) is 4.87. The van der Waals surface area contributed by atoms with E-state index in [4.69, 9.17) is 10.5 Å². The zero-order valence-corrected chi connectivity index (χ0v) is 13.4. The van der Waals surface area contributed by atoms with Crippen LogP contribution in [0.2, 0.25) is 0 Å². The van der Waals surface area contributed by atoms with Gasteiger partial charge in [-0.15, -0.1) is 0 Å². The van der Waals surface area contributed by atoms with E-state index in [0.717, 1.165) is 12.5 Å². The summed E-state index contributed by atoms with van der Waals surface area (Å²) in [7, 11) is -3.63. The molecular weight excluding hydrogens is 346 g/mol. The van der Waals surface area contributed by atoms with Crippen molar-refractivity contribution >= 4 is 31.8 Å². The lowest BCUT2D eigenvalue weighted by atomic mass is 10.4. The highest BCUT2D eigenvalue weighted by molar-refractivity contribution is 9.10. The molecule has 0 radical (unpaired) electrons. The summed E-state index contributed by atoms with van der Waals surface area (Å²) in [6.07, 6.45) is 4.59. The number of nitrogens with two attached hydrogens (primary N) is 1. The quantitative estimate of drug-likeness (QED) is 0.682. The van der Waals surface area contributed by atoms with E-state index in [1.165, 1.54) is 25.1 Å². The lowest BCUT2D eigenvalue weighted by molar-refractivity contribution is 0.123. The first-order valence-corrected chi connectivity index (χ1v) is 8.75. The van der Waals surface area contributed by atoms with E-state index in [-0.39, 0.29) is 10.7 Å². The zero-order valence-electron chi connectivity index (χ0n) is 11.0. The highest BCUT2D eigenvalue weighted by atomic mass is 79.9. The monoisotopic (exact) mass is 363 g/mol. The highest BCUT2D eigenvalue weighted by Crippen LogP contribution is 2.28. The van der Waals surface area contributed by atoms with Crippen LogP contribution in [0.4, 0.5) is 5.82 Å². The Hall–Kier alpha value is -0.700. The molecule has 1 aliphatic rings. The van der Waals surface area contributed by atoms with Crippen LogP contribution in [0.25, 0.3) is 0 Å². The minimum atomic E-state index is -3.63. The molecular formula is C12H18BrN3O3S. The zero-order chi connectivity index (χ0) is 14.6. The van der Waals surface area contributed by atoms with E-state index in [1.54, 1.807) is 0 Å². The Kier molecular flexibility index (Phi) is 5.36. The van der Waals surface area contributed by atoms with Crippen LogP contribution in [0.15, 0.2) is 21.6 Å². The van der Waals surface area contributed by atoms with Gasteiger partial charge in [0, 0.05) is 30.4 Å². The molecule has 6 nitrogen and oxygen atoms in total. The van der Waals surface area contributed by atoms with Gasteiger partial charge in [-0.25, -0.2) is 18.1 Å². The molecule has 0 saturated heterocycles. The van der Waals surface area contributed by atoms with Crippen molar-refractivity contribution in [3.05, 3.63) is 16.7 Å². The van der Waals surface area contributed by atoms with Crippen molar-refractivity contribution in [2.75, 3.05) is 25.5 Å². The highest BCUT2D eigenvalue weighted by Gasteiger charge is 2.21. The Morgan fingerprint density at radius 2 is 2.25 bits per heavy atom. The molecule has 0 aliphatic heterocycles. The van der Waals surface area contributed by atoms with E-state index < -0.39 is 10.0 Å². The van der Waals surface area contributed by atoms with Gasteiger partial charge in [0.05, 0.1) is 0 Å². The third kappa shape index (κ3) is 4.69. The summed E-state index contributed by atoms with van der Waals surface area (Å²) in [6.45, 7) is 1.67. The summed E-state index contributed by atoms with van der Waals surface area (Å²) in [5.74, 6) is 0.713. The van der Waals surface area contributed by atoms with Crippen LogP contribution < -0.4 is 10.5 Å². The summed E-state index contributed by atoms with van der Waals surface area (Å²) < 4.78 is 32.6. The maximum Gasteiger partial charge on any atom is 0.244 e. The predicted octanol–water partition coefficient (Wildman–Crippen LogP) is 1.52. The van der Waals surface area contributed by atoms with Gasteiger partial charge in [-0.05, 0) is 47.2 Å². The molecule has 1 aromatic heterocycles. The number of aromatic nitrogens is 1. The fraction of sp³-hybridized carbons (Fsp3) is 0.583. The smallest absolute Gasteiger partial charge is 0.244 e. The summed E-state index contributed by atoms with van der Waals surface area (Å²) in [5, 5.41) is 0. The molecule has 3 N–H and O–H groups in total. The summed E-state index contributed by atoms with van der Waals surface area (Å²) >= 11 is 3.18. The average molecular weight is 364 g/mol. The maximum absolute atomic E-state index is 12.1. The standard InChI is InChI=1S/C12H18BrN3O3S/c13-10-6-11(12(14)15-7-10)20(17,18)16-4-1-5-19-8-9-2-3-9/h6-7,9,16H,1-5,8H2,(H2,14,15). The largest absolute Gasteiger partial charge is 0.383 e. The van der Waals surface area contributed by atoms with Crippen LogP contribution in [0.5, 0.6) is 0 Å². The molecule has 0 amide bonds. The third-order valence-electron chi connectivity index (χ3n) is 2.95. The molecule has 0 bridgehead atoms. The van der Waals surface area contributed by atoms with Crippen LogP contribution in [0.1, 0.15) is 19.3 Å². The van der Waals surface area contributed by atoms with Crippen LogP contribution in [-0.4, -0.2) is 33.2 Å². The number of nitrogens with one attached hydrogen (secondary N) is 1. The number of pyridine rings is 1. The number of sulfonamides is 1. The number of halogens is 1.